The van der Waals surface area contributed by atoms with Crippen LogP contribution in [0, 0.1) is 0 Å². The van der Waals surface area contributed by atoms with Gasteiger partial charge in [-0.25, -0.2) is 0 Å². The Kier molecular flexibility index (Phi) is 7.37. The Morgan fingerprint density at radius 1 is 1.12 bits per heavy atom. The lowest BCUT2D eigenvalue weighted by atomic mass is 9.96. The van der Waals surface area contributed by atoms with E-state index in [4.69, 9.17) is 13.9 Å². The highest BCUT2D eigenvalue weighted by atomic mass is 32.1. The van der Waals surface area contributed by atoms with Gasteiger partial charge < -0.3 is 24.1 Å². The number of aryl methyl sites for hydroxylation is 1. The van der Waals surface area contributed by atoms with Gasteiger partial charge in [-0.1, -0.05) is 19.1 Å². The number of rotatable bonds is 8. The number of nitrogens with one attached hydrogen (secondary N) is 1. The fourth-order valence-electron chi connectivity index (χ4n) is 4.27. The van der Waals surface area contributed by atoms with Crippen molar-refractivity contribution in [1.29, 1.82) is 0 Å². The summed E-state index contributed by atoms with van der Waals surface area (Å²) in [7, 11) is 5.47. The fourth-order valence-corrected chi connectivity index (χ4v) is 5.30. The van der Waals surface area contributed by atoms with Crippen molar-refractivity contribution in [3.8, 4) is 11.5 Å². The molecule has 1 N–H and O–H groups in total. The maximum Gasteiger partial charge on any atom is 0.291 e. The number of likely N-dealkylation sites (N-methyl/N-ethyl adjacent to an activating group) is 1. The number of furan rings is 1. The minimum atomic E-state index is -0.250. The molecule has 1 fully saturated rings. The van der Waals surface area contributed by atoms with Crippen LogP contribution in [0.1, 0.15) is 39.5 Å². The lowest BCUT2D eigenvalue weighted by molar-refractivity contribution is 0.0996. The third kappa shape index (κ3) is 4.93. The standard InChI is InChI=1S/C25H31N3O4S/c1-5-17-16-19(25(33-17)26-24(29)21-10-7-15-32-21)22(28-13-11-27(2)12-14-28)18-8-6-9-20(30-3)23(18)31-4/h6-10,15-16,22H,5,11-14H2,1-4H3,(H,26,29). The minimum absolute atomic E-state index is 0.0906. The Labute approximate surface area is 198 Å². The number of ether oxygens (including phenoxy) is 2. The molecule has 1 aliphatic heterocycles. The number of carbonyl (C=O) groups is 1. The van der Waals surface area contributed by atoms with Gasteiger partial charge in [-0.05, 0) is 37.7 Å². The molecule has 8 heteroatoms. The Bertz CT molecular complexity index is 1070. The highest BCUT2D eigenvalue weighted by molar-refractivity contribution is 7.16. The van der Waals surface area contributed by atoms with Crippen molar-refractivity contribution in [1.82, 2.24) is 9.80 Å². The fraction of sp³-hybridized carbons (Fsp3) is 0.400. The molecule has 0 aliphatic carbocycles. The zero-order valence-electron chi connectivity index (χ0n) is 19.6. The van der Waals surface area contributed by atoms with E-state index in [9.17, 15) is 4.79 Å². The van der Waals surface area contributed by atoms with Crippen LogP contribution in [0.15, 0.2) is 47.1 Å². The molecule has 1 aromatic carbocycles. The van der Waals surface area contributed by atoms with Crippen molar-refractivity contribution in [2.45, 2.75) is 19.4 Å². The molecule has 0 bridgehead atoms. The van der Waals surface area contributed by atoms with Crippen molar-refractivity contribution >= 4 is 22.2 Å². The number of thiophene rings is 1. The molecule has 1 saturated heterocycles. The van der Waals surface area contributed by atoms with E-state index in [1.165, 1.54) is 11.1 Å². The molecule has 4 rings (SSSR count). The van der Waals surface area contributed by atoms with Gasteiger partial charge in [0, 0.05) is 42.2 Å². The summed E-state index contributed by atoms with van der Waals surface area (Å²) in [5.74, 6) is 1.46. The normalized spacial score (nSPS) is 15.9. The lowest BCUT2D eigenvalue weighted by Gasteiger charge is -2.39. The van der Waals surface area contributed by atoms with Gasteiger partial charge in [-0.15, -0.1) is 11.3 Å². The van der Waals surface area contributed by atoms with Crippen molar-refractivity contribution in [3.05, 3.63) is 64.4 Å². The number of hydrogen-bond donors (Lipinski definition) is 1. The molecule has 0 saturated carbocycles. The van der Waals surface area contributed by atoms with Crippen LogP contribution in [0.3, 0.4) is 0 Å². The van der Waals surface area contributed by atoms with Crippen LogP contribution in [0.2, 0.25) is 0 Å². The summed E-state index contributed by atoms with van der Waals surface area (Å²) >= 11 is 1.61. The Morgan fingerprint density at radius 2 is 1.91 bits per heavy atom. The molecule has 1 amide bonds. The summed E-state index contributed by atoms with van der Waals surface area (Å²) in [5, 5.41) is 3.94. The molecule has 33 heavy (non-hydrogen) atoms. The SMILES string of the molecule is CCc1cc(C(c2cccc(OC)c2OC)N2CCN(C)CC2)c(NC(=O)c2ccco2)s1. The van der Waals surface area contributed by atoms with Crippen molar-refractivity contribution in [2.75, 3.05) is 52.8 Å². The maximum atomic E-state index is 12.9. The van der Waals surface area contributed by atoms with E-state index in [-0.39, 0.29) is 11.9 Å². The first-order valence-corrected chi connectivity index (χ1v) is 12.0. The van der Waals surface area contributed by atoms with Crippen LogP contribution >= 0.6 is 11.3 Å². The summed E-state index contributed by atoms with van der Waals surface area (Å²) in [4.78, 5) is 18.9. The smallest absolute Gasteiger partial charge is 0.291 e. The van der Waals surface area contributed by atoms with E-state index < -0.39 is 0 Å². The second kappa shape index (κ2) is 10.4. The number of anilines is 1. The zero-order chi connectivity index (χ0) is 23.4. The second-order valence-corrected chi connectivity index (χ2v) is 9.24. The number of carbonyl (C=O) groups excluding carboxylic acids is 1. The molecule has 0 radical (unpaired) electrons. The molecule has 7 nitrogen and oxygen atoms in total. The van der Waals surface area contributed by atoms with Gasteiger partial charge in [0.15, 0.2) is 17.3 Å². The Morgan fingerprint density at radius 3 is 2.55 bits per heavy atom. The second-order valence-electron chi connectivity index (χ2n) is 8.11. The Balaban J connectivity index is 1.81. The molecule has 1 unspecified atom stereocenters. The summed E-state index contributed by atoms with van der Waals surface area (Å²) < 4.78 is 16.8. The number of methoxy groups -OCH3 is 2. The quantitative estimate of drug-likeness (QED) is 0.524. The first kappa shape index (κ1) is 23.4. The zero-order valence-corrected chi connectivity index (χ0v) is 20.4. The van der Waals surface area contributed by atoms with Gasteiger partial charge in [0.2, 0.25) is 0 Å². The molecule has 1 atom stereocenters. The number of hydrogen-bond acceptors (Lipinski definition) is 7. The van der Waals surface area contributed by atoms with Crippen molar-refractivity contribution < 1.29 is 18.7 Å². The molecule has 1 aliphatic rings. The van der Waals surface area contributed by atoms with Crippen LogP contribution in [-0.2, 0) is 6.42 Å². The molecule has 176 valence electrons. The summed E-state index contributed by atoms with van der Waals surface area (Å²) in [6, 6.07) is 11.5. The summed E-state index contributed by atoms with van der Waals surface area (Å²) in [6.45, 7) is 5.89. The van der Waals surface area contributed by atoms with Crippen LogP contribution in [-0.4, -0.2) is 63.2 Å². The molecule has 2 aromatic heterocycles. The van der Waals surface area contributed by atoms with E-state index in [0.717, 1.165) is 54.5 Å². The Hall–Kier alpha value is -2.81. The van der Waals surface area contributed by atoms with Gasteiger partial charge in [-0.3, -0.25) is 9.69 Å². The van der Waals surface area contributed by atoms with E-state index in [1.807, 2.05) is 12.1 Å². The largest absolute Gasteiger partial charge is 0.493 e. The average molecular weight is 470 g/mol. The van der Waals surface area contributed by atoms with Gasteiger partial charge >= 0.3 is 0 Å². The molecule has 0 spiro atoms. The van der Waals surface area contributed by atoms with Gasteiger partial charge in [0.05, 0.1) is 26.5 Å². The number of para-hydroxylation sites is 1. The van der Waals surface area contributed by atoms with Crippen LogP contribution in [0.4, 0.5) is 5.00 Å². The van der Waals surface area contributed by atoms with Crippen molar-refractivity contribution in [3.63, 3.8) is 0 Å². The monoisotopic (exact) mass is 469 g/mol. The maximum absolute atomic E-state index is 12.9. The molecule has 3 aromatic rings. The number of piperazine rings is 1. The van der Waals surface area contributed by atoms with E-state index in [0.29, 0.717) is 11.5 Å². The van der Waals surface area contributed by atoms with Crippen LogP contribution in [0.5, 0.6) is 11.5 Å². The first-order valence-electron chi connectivity index (χ1n) is 11.2. The minimum Gasteiger partial charge on any atom is -0.493 e. The third-order valence-corrected chi connectivity index (χ3v) is 7.27. The van der Waals surface area contributed by atoms with Crippen LogP contribution in [0.25, 0.3) is 0 Å². The third-order valence-electron chi connectivity index (χ3n) is 6.06. The van der Waals surface area contributed by atoms with E-state index >= 15 is 0 Å². The summed E-state index contributed by atoms with van der Waals surface area (Å²) in [5.41, 5.74) is 2.09. The number of benzene rings is 1. The molecule has 3 heterocycles. The molecular formula is C25H31N3O4S. The van der Waals surface area contributed by atoms with Gasteiger partial charge in [0.1, 0.15) is 5.00 Å². The average Bonchev–Trinajstić information content (AvgIpc) is 3.51. The summed E-state index contributed by atoms with van der Waals surface area (Å²) in [6.07, 6.45) is 2.40. The highest BCUT2D eigenvalue weighted by Crippen LogP contribution is 2.45. The molecular weight excluding hydrogens is 438 g/mol. The van der Waals surface area contributed by atoms with Gasteiger partial charge in [0.25, 0.3) is 5.91 Å². The topological polar surface area (TPSA) is 67.2 Å². The first-order chi connectivity index (χ1) is 16.0. The highest BCUT2D eigenvalue weighted by Gasteiger charge is 2.32. The predicted octanol–water partition coefficient (Wildman–Crippen LogP) is 4.51. The van der Waals surface area contributed by atoms with Crippen LogP contribution < -0.4 is 14.8 Å². The lowest BCUT2D eigenvalue weighted by Crippen LogP contribution is -2.46. The number of amides is 1. The predicted molar refractivity (Wildman–Crippen MR) is 131 cm³/mol. The van der Waals surface area contributed by atoms with E-state index in [2.05, 4.69) is 41.2 Å². The van der Waals surface area contributed by atoms with Gasteiger partial charge in [-0.2, -0.15) is 0 Å². The van der Waals surface area contributed by atoms with Crippen molar-refractivity contribution in [2.24, 2.45) is 0 Å². The van der Waals surface area contributed by atoms with E-state index in [1.54, 1.807) is 37.7 Å². The number of nitrogens with zero attached hydrogens (tertiary/aromatic N) is 2.